The normalized spacial score (nSPS) is 11.7. The highest BCUT2D eigenvalue weighted by Gasteiger charge is 2.20. The number of halogens is 3. The SMILES string of the molecule is Cn1cc(S(=O)(=O)Nc2c(Br)cc(Br)cc2Br)cc1CO. The first-order chi connectivity index (χ1) is 9.74. The van der Waals surface area contributed by atoms with Crippen LogP contribution in [0.2, 0.25) is 0 Å². The highest BCUT2D eigenvalue weighted by Crippen LogP contribution is 2.35. The molecule has 0 radical (unpaired) electrons. The molecule has 0 aliphatic heterocycles. The fourth-order valence-electron chi connectivity index (χ4n) is 1.71. The van der Waals surface area contributed by atoms with Gasteiger partial charge in [0.15, 0.2) is 0 Å². The van der Waals surface area contributed by atoms with Gasteiger partial charge in [-0.05, 0) is 50.1 Å². The molecule has 0 bridgehead atoms. The molecule has 2 N–H and O–H groups in total. The number of anilines is 1. The molecule has 1 aromatic carbocycles. The van der Waals surface area contributed by atoms with Gasteiger partial charge >= 0.3 is 0 Å². The molecule has 21 heavy (non-hydrogen) atoms. The molecule has 114 valence electrons. The maximum atomic E-state index is 12.4. The van der Waals surface area contributed by atoms with Gasteiger partial charge in [0.25, 0.3) is 10.0 Å². The second-order valence-corrected chi connectivity index (χ2v) is 8.59. The van der Waals surface area contributed by atoms with Gasteiger partial charge in [-0.3, -0.25) is 4.72 Å². The van der Waals surface area contributed by atoms with Crippen molar-refractivity contribution in [1.82, 2.24) is 4.57 Å². The van der Waals surface area contributed by atoms with Gasteiger partial charge in [0.2, 0.25) is 0 Å². The number of aryl methyl sites for hydroxylation is 1. The van der Waals surface area contributed by atoms with E-state index in [4.69, 9.17) is 5.11 Å². The standard InChI is InChI=1S/C12H11Br3N2O3S/c1-17-5-9(4-8(17)6-18)21(19,20)16-12-10(14)2-7(13)3-11(12)15/h2-5,16,18H,6H2,1H3. The number of hydrogen-bond acceptors (Lipinski definition) is 3. The number of benzene rings is 1. The lowest BCUT2D eigenvalue weighted by atomic mass is 10.3. The molecule has 2 rings (SSSR count). The van der Waals surface area contributed by atoms with E-state index in [0.717, 1.165) is 4.47 Å². The molecule has 0 amide bonds. The number of sulfonamides is 1. The number of aromatic nitrogens is 1. The molecule has 0 spiro atoms. The lowest BCUT2D eigenvalue weighted by molar-refractivity contribution is 0.272. The van der Waals surface area contributed by atoms with Crippen LogP contribution < -0.4 is 4.72 Å². The molecule has 5 nitrogen and oxygen atoms in total. The zero-order valence-corrected chi connectivity index (χ0v) is 16.3. The zero-order chi connectivity index (χ0) is 15.8. The lowest BCUT2D eigenvalue weighted by Crippen LogP contribution is -2.13. The van der Waals surface area contributed by atoms with Crippen LogP contribution in [0.1, 0.15) is 5.69 Å². The molecule has 0 saturated carbocycles. The van der Waals surface area contributed by atoms with Crippen LogP contribution in [0, 0.1) is 0 Å². The maximum Gasteiger partial charge on any atom is 0.263 e. The number of nitrogens with one attached hydrogen (secondary N) is 1. The van der Waals surface area contributed by atoms with E-state index in [1.165, 1.54) is 12.3 Å². The van der Waals surface area contributed by atoms with E-state index in [9.17, 15) is 8.42 Å². The Morgan fingerprint density at radius 1 is 1.19 bits per heavy atom. The molecule has 0 aliphatic carbocycles. The average Bonchev–Trinajstić information content (AvgIpc) is 2.76. The molecule has 2 aromatic rings. The van der Waals surface area contributed by atoms with Crippen LogP contribution in [0.15, 0.2) is 42.7 Å². The van der Waals surface area contributed by atoms with Gasteiger partial charge in [0, 0.05) is 32.4 Å². The minimum absolute atomic E-state index is 0.0933. The monoisotopic (exact) mass is 500 g/mol. The second-order valence-electron chi connectivity index (χ2n) is 4.29. The molecule has 0 aliphatic rings. The summed E-state index contributed by atoms with van der Waals surface area (Å²) in [6.45, 7) is -0.225. The van der Waals surface area contributed by atoms with E-state index in [0.29, 0.717) is 20.3 Å². The van der Waals surface area contributed by atoms with Gasteiger partial charge < -0.3 is 9.67 Å². The summed E-state index contributed by atoms with van der Waals surface area (Å²) in [6.07, 6.45) is 1.45. The fraction of sp³-hybridized carbons (Fsp3) is 0.167. The van der Waals surface area contributed by atoms with Crippen molar-refractivity contribution in [3.63, 3.8) is 0 Å². The summed E-state index contributed by atoms with van der Waals surface area (Å²) in [6, 6.07) is 4.92. The first kappa shape index (κ1) is 17.0. The van der Waals surface area contributed by atoms with Crippen molar-refractivity contribution < 1.29 is 13.5 Å². The molecule has 1 heterocycles. The Kier molecular flexibility index (Phi) is 5.19. The third-order valence-corrected chi connectivity index (χ3v) is 5.82. The number of hydrogen-bond donors (Lipinski definition) is 2. The van der Waals surface area contributed by atoms with Crippen molar-refractivity contribution in [2.24, 2.45) is 7.05 Å². The molecule has 1 aromatic heterocycles. The minimum atomic E-state index is -3.74. The van der Waals surface area contributed by atoms with Crippen molar-refractivity contribution in [3.05, 3.63) is 43.5 Å². The van der Waals surface area contributed by atoms with Crippen LogP contribution in [0.5, 0.6) is 0 Å². The number of aliphatic hydroxyl groups excluding tert-OH is 1. The Bertz CT molecular complexity index is 764. The summed E-state index contributed by atoms with van der Waals surface area (Å²) in [5.41, 5.74) is 0.928. The quantitative estimate of drug-likeness (QED) is 0.671. The highest BCUT2D eigenvalue weighted by molar-refractivity contribution is 9.11. The Balaban J connectivity index is 2.42. The largest absolute Gasteiger partial charge is 0.390 e. The van der Waals surface area contributed by atoms with Gasteiger partial charge in [-0.2, -0.15) is 0 Å². The molecular formula is C12H11Br3N2O3S. The highest BCUT2D eigenvalue weighted by atomic mass is 79.9. The van der Waals surface area contributed by atoms with Crippen molar-refractivity contribution >= 4 is 63.5 Å². The third kappa shape index (κ3) is 3.70. The molecule has 0 fully saturated rings. The van der Waals surface area contributed by atoms with Crippen LogP contribution in [0.4, 0.5) is 5.69 Å². The minimum Gasteiger partial charge on any atom is -0.390 e. The molecule has 0 atom stereocenters. The fourth-order valence-corrected chi connectivity index (χ4v) is 5.63. The van der Waals surface area contributed by atoms with E-state index in [1.54, 1.807) is 23.7 Å². The Morgan fingerprint density at radius 2 is 1.76 bits per heavy atom. The van der Waals surface area contributed by atoms with Crippen molar-refractivity contribution in [2.75, 3.05) is 4.72 Å². The third-order valence-electron chi connectivity index (χ3n) is 2.80. The summed E-state index contributed by atoms with van der Waals surface area (Å²) in [5, 5.41) is 9.15. The zero-order valence-electron chi connectivity index (χ0n) is 10.8. The number of aliphatic hydroxyl groups is 1. The molecular weight excluding hydrogens is 492 g/mol. The average molecular weight is 503 g/mol. The second kappa shape index (κ2) is 6.41. The van der Waals surface area contributed by atoms with Crippen LogP contribution in [-0.2, 0) is 23.7 Å². The molecule has 0 saturated heterocycles. The Labute approximate surface area is 147 Å². The van der Waals surface area contributed by atoms with Crippen LogP contribution >= 0.6 is 47.8 Å². The van der Waals surface area contributed by atoms with E-state index in [-0.39, 0.29) is 11.5 Å². The summed E-state index contributed by atoms with van der Waals surface area (Å²) >= 11 is 9.97. The number of rotatable bonds is 4. The Hall–Kier alpha value is -0.350. The topological polar surface area (TPSA) is 71.3 Å². The van der Waals surface area contributed by atoms with Crippen LogP contribution in [0.3, 0.4) is 0 Å². The predicted molar refractivity (Wildman–Crippen MR) is 91.7 cm³/mol. The van der Waals surface area contributed by atoms with Crippen LogP contribution in [-0.4, -0.2) is 18.1 Å². The molecule has 0 unspecified atom stereocenters. The number of nitrogens with zero attached hydrogens (tertiary/aromatic N) is 1. The van der Waals surface area contributed by atoms with Crippen molar-refractivity contribution in [3.8, 4) is 0 Å². The van der Waals surface area contributed by atoms with E-state index >= 15 is 0 Å². The van der Waals surface area contributed by atoms with E-state index < -0.39 is 10.0 Å². The predicted octanol–water partition coefficient (Wildman–Crippen LogP) is 3.61. The maximum absolute atomic E-state index is 12.4. The van der Waals surface area contributed by atoms with E-state index in [1.807, 2.05) is 0 Å². The van der Waals surface area contributed by atoms with Gasteiger partial charge in [0.05, 0.1) is 12.3 Å². The first-order valence-electron chi connectivity index (χ1n) is 5.68. The summed E-state index contributed by atoms with van der Waals surface area (Å²) in [4.78, 5) is 0.0933. The van der Waals surface area contributed by atoms with Gasteiger partial charge in [-0.1, -0.05) is 15.9 Å². The Morgan fingerprint density at radius 3 is 2.24 bits per heavy atom. The van der Waals surface area contributed by atoms with Crippen LogP contribution in [0.25, 0.3) is 0 Å². The lowest BCUT2D eigenvalue weighted by Gasteiger charge is -2.11. The smallest absolute Gasteiger partial charge is 0.263 e. The van der Waals surface area contributed by atoms with Gasteiger partial charge in [-0.25, -0.2) is 8.42 Å². The van der Waals surface area contributed by atoms with Gasteiger partial charge in [0.1, 0.15) is 4.90 Å². The summed E-state index contributed by atoms with van der Waals surface area (Å²) < 4.78 is 30.9. The van der Waals surface area contributed by atoms with Crippen molar-refractivity contribution in [2.45, 2.75) is 11.5 Å². The summed E-state index contributed by atoms with van der Waals surface area (Å²) in [5.74, 6) is 0. The molecule has 9 heteroatoms. The van der Waals surface area contributed by atoms with Crippen molar-refractivity contribution in [1.29, 1.82) is 0 Å². The first-order valence-corrected chi connectivity index (χ1v) is 9.54. The van der Waals surface area contributed by atoms with Gasteiger partial charge in [-0.15, -0.1) is 0 Å². The summed E-state index contributed by atoms with van der Waals surface area (Å²) in [7, 11) is -2.06. The van der Waals surface area contributed by atoms with E-state index in [2.05, 4.69) is 52.5 Å².